The Morgan fingerprint density at radius 1 is 1.11 bits per heavy atom. The fraction of sp³-hybridized carbons (Fsp3) is 0.250. The maximum Gasteiger partial charge on any atom is 0.300 e. The molecule has 7 heteroatoms. The molecule has 4 rings (SSSR count). The standard InChI is InChI=1S/C28H27ClN2O4/c1-15(2)20-13-21(16(3)12-23(20)35-5)26(32)24-25(18-7-6-10-30-14-18)31(28(34)27(24)33)22-9-8-19(29)11-17(22)4/h6-15,25,32H,1-5H3/b26-24+. The molecule has 2 heterocycles. The van der Waals surface area contributed by atoms with E-state index in [-0.39, 0.29) is 17.3 Å². The maximum absolute atomic E-state index is 13.4. The zero-order chi connectivity index (χ0) is 25.4. The second-order valence-corrected chi connectivity index (χ2v) is 9.39. The summed E-state index contributed by atoms with van der Waals surface area (Å²) in [5.74, 6) is -0.887. The lowest BCUT2D eigenvalue weighted by Crippen LogP contribution is -2.30. The van der Waals surface area contributed by atoms with Gasteiger partial charge in [-0.15, -0.1) is 0 Å². The topological polar surface area (TPSA) is 79.7 Å². The van der Waals surface area contributed by atoms with Gasteiger partial charge in [0, 0.05) is 28.7 Å². The van der Waals surface area contributed by atoms with Crippen molar-refractivity contribution in [2.24, 2.45) is 0 Å². The van der Waals surface area contributed by atoms with Crippen molar-refractivity contribution in [1.29, 1.82) is 0 Å². The van der Waals surface area contributed by atoms with Crippen LogP contribution in [0, 0.1) is 13.8 Å². The second kappa shape index (κ2) is 9.55. The Bertz CT molecular complexity index is 1350. The molecule has 180 valence electrons. The Labute approximate surface area is 209 Å². The molecule has 2 aromatic carbocycles. The van der Waals surface area contributed by atoms with Crippen LogP contribution in [0.3, 0.4) is 0 Å². The first-order valence-corrected chi connectivity index (χ1v) is 11.7. The van der Waals surface area contributed by atoms with Gasteiger partial charge in [-0.25, -0.2) is 0 Å². The van der Waals surface area contributed by atoms with Crippen LogP contribution in [0.5, 0.6) is 5.75 Å². The number of halogens is 1. The molecule has 0 spiro atoms. The number of Topliss-reactive ketones (excluding diaryl/α,β-unsaturated/α-hetero) is 1. The van der Waals surface area contributed by atoms with E-state index in [1.807, 2.05) is 39.8 Å². The van der Waals surface area contributed by atoms with Crippen molar-refractivity contribution in [3.05, 3.63) is 93.3 Å². The molecule has 1 aromatic heterocycles. The minimum atomic E-state index is -0.854. The summed E-state index contributed by atoms with van der Waals surface area (Å²) in [5.41, 5.74) is 3.99. The van der Waals surface area contributed by atoms with Crippen LogP contribution in [-0.4, -0.2) is 28.9 Å². The molecule has 1 amide bonds. The Hall–Kier alpha value is -3.64. The summed E-state index contributed by atoms with van der Waals surface area (Å²) >= 11 is 6.14. The van der Waals surface area contributed by atoms with Gasteiger partial charge >= 0.3 is 0 Å². The number of pyridine rings is 1. The summed E-state index contributed by atoms with van der Waals surface area (Å²) in [6.07, 6.45) is 3.22. The van der Waals surface area contributed by atoms with E-state index < -0.39 is 17.7 Å². The van der Waals surface area contributed by atoms with Gasteiger partial charge in [-0.1, -0.05) is 31.5 Å². The number of hydrogen-bond donors (Lipinski definition) is 1. The van der Waals surface area contributed by atoms with Crippen molar-refractivity contribution < 1.29 is 19.4 Å². The molecule has 35 heavy (non-hydrogen) atoms. The molecule has 1 unspecified atom stereocenters. The second-order valence-electron chi connectivity index (χ2n) is 8.95. The first-order chi connectivity index (χ1) is 16.6. The highest BCUT2D eigenvalue weighted by Gasteiger charge is 2.47. The van der Waals surface area contributed by atoms with Crippen molar-refractivity contribution in [3.8, 4) is 5.75 Å². The lowest BCUT2D eigenvalue weighted by Gasteiger charge is -2.27. The lowest BCUT2D eigenvalue weighted by molar-refractivity contribution is -0.132. The van der Waals surface area contributed by atoms with Crippen LogP contribution >= 0.6 is 11.6 Å². The minimum absolute atomic E-state index is 0.0142. The van der Waals surface area contributed by atoms with Gasteiger partial charge in [-0.2, -0.15) is 0 Å². The average molecular weight is 491 g/mol. The zero-order valence-electron chi connectivity index (χ0n) is 20.3. The summed E-state index contributed by atoms with van der Waals surface area (Å²) in [7, 11) is 1.60. The molecule has 1 saturated heterocycles. The predicted molar refractivity (Wildman–Crippen MR) is 137 cm³/mol. The normalized spacial score (nSPS) is 17.3. The van der Waals surface area contributed by atoms with E-state index in [2.05, 4.69) is 4.98 Å². The number of aryl methyl sites for hydroxylation is 2. The molecule has 0 saturated carbocycles. The number of carbonyl (C=O) groups excluding carboxylic acids is 2. The number of ketones is 1. The third-order valence-electron chi connectivity index (χ3n) is 6.32. The highest BCUT2D eigenvalue weighted by molar-refractivity contribution is 6.51. The van der Waals surface area contributed by atoms with Crippen molar-refractivity contribution in [2.45, 2.75) is 39.7 Å². The Kier molecular flexibility index (Phi) is 6.68. The SMILES string of the molecule is COc1cc(C)c(/C(O)=C2\C(=O)C(=O)N(c3ccc(Cl)cc3C)C2c2cccnc2)cc1C(C)C. The first-order valence-electron chi connectivity index (χ1n) is 11.3. The van der Waals surface area contributed by atoms with E-state index in [0.717, 1.165) is 16.7 Å². The minimum Gasteiger partial charge on any atom is -0.507 e. The van der Waals surface area contributed by atoms with Gasteiger partial charge in [-0.3, -0.25) is 19.5 Å². The summed E-state index contributed by atoms with van der Waals surface area (Å²) < 4.78 is 5.53. The van der Waals surface area contributed by atoms with E-state index in [4.69, 9.17) is 16.3 Å². The van der Waals surface area contributed by atoms with E-state index in [1.54, 1.807) is 49.8 Å². The summed E-state index contributed by atoms with van der Waals surface area (Å²) in [6, 6.07) is 11.5. The van der Waals surface area contributed by atoms with Crippen LogP contribution in [0.2, 0.25) is 5.02 Å². The number of rotatable bonds is 5. The van der Waals surface area contributed by atoms with Gasteiger partial charge in [0.2, 0.25) is 0 Å². The summed E-state index contributed by atoms with van der Waals surface area (Å²) in [5, 5.41) is 12.1. The number of methoxy groups -OCH3 is 1. The van der Waals surface area contributed by atoms with Crippen LogP contribution in [0.1, 0.15) is 53.6 Å². The maximum atomic E-state index is 13.4. The van der Waals surface area contributed by atoms with Gasteiger partial charge in [0.25, 0.3) is 11.7 Å². The van der Waals surface area contributed by atoms with Crippen LogP contribution in [0.15, 0.2) is 60.4 Å². The fourth-order valence-corrected chi connectivity index (χ4v) is 4.78. The highest BCUT2D eigenvalue weighted by atomic mass is 35.5. The van der Waals surface area contributed by atoms with Gasteiger partial charge in [-0.05, 0) is 78.4 Å². The quantitative estimate of drug-likeness (QED) is 0.265. The van der Waals surface area contributed by atoms with Gasteiger partial charge in [0.15, 0.2) is 0 Å². The smallest absolute Gasteiger partial charge is 0.300 e. The number of nitrogens with zero attached hydrogens (tertiary/aromatic N) is 2. The molecular weight excluding hydrogens is 464 g/mol. The van der Waals surface area contributed by atoms with E-state index >= 15 is 0 Å². The number of amides is 1. The van der Waals surface area contributed by atoms with Crippen LogP contribution in [0.25, 0.3) is 5.76 Å². The molecule has 3 aromatic rings. The van der Waals surface area contributed by atoms with Gasteiger partial charge in [0.1, 0.15) is 11.5 Å². The summed E-state index contributed by atoms with van der Waals surface area (Å²) in [6.45, 7) is 7.70. The third kappa shape index (κ3) is 4.30. The molecule has 1 atom stereocenters. The van der Waals surface area contributed by atoms with Crippen LogP contribution < -0.4 is 9.64 Å². The van der Waals surface area contributed by atoms with Gasteiger partial charge in [0.05, 0.1) is 18.7 Å². The van der Waals surface area contributed by atoms with Crippen molar-refractivity contribution in [3.63, 3.8) is 0 Å². The highest BCUT2D eigenvalue weighted by Crippen LogP contribution is 2.44. The first kappa shape index (κ1) is 24.5. The van der Waals surface area contributed by atoms with E-state index in [1.165, 1.54) is 4.90 Å². The molecule has 1 aliphatic rings. The molecule has 0 radical (unpaired) electrons. The monoisotopic (exact) mass is 490 g/mol. The Morgan fingerprint density at radius 3 is 2.46 bits per heavy atom. The number of benzene rings is 2. The number of ether oxygens (including phenoxy) is 1. The predicted octanol–water partition coefficient (Wildman–Crippen LogP) is 6.11. The van der Waals surface area contributed by atoms with Gasteiger partial charge < -0.3 is 9.84 Å². The lowest BCUT2D eigenvalue weighted by atomic mass is 9.91. The number of aromatic nitrogens is 1. The average Bonchev–Trinajstić information content (AvgIpc) is 3.09. The molecular formula is C28H27ClN2O4. The number of aliphatic hydroxyl groups excluding tert-OH is 1. The molecule has 6 nitrogen and oxygen atoms in total. The molecule has 1 N–H and O–H groups in total. The Balaban J connectivity index is 1.99. The molecule has 0 bridgehead atoms. The fourth-order valence-electron chi connectivity index (χ4n) is 4.55. The molecule has 0 aliphatic carbocycles. The van der Waals surface area contributed by atoms with Crippen LogP contribution in [-0.2, 0) is 9.59 Å². The number of aliphatic hydroxyl groups is 1. The zero-order valence-corrected chi connectivity index (χ0v) is 21.1. The summed E-state index contributed by atoms with van der Waals surface area (Å²) in [4.78, 5) is 32.4. The molecule has 1 fully saturated rings. The number of carbonyl (C=O) groups is 2. The van der Waals surface area contributed by atoms with Crippen LogP contribution in [0.4, 0.5) is 5.69 Å². The number of hydrogen-bond acceptors (Lipinski definition) is 5. The number of anilines is 1. The van der Waals surface area contributed by atoms with Crippen molar-refractivity contribution in [2.75, 3.05) is 12.0 Å². The van der Waals surface area contributed by atoms with Crippen molar-refractivity contribution in [1.82, 2.24) is 4.98 Å². The molecule has 1 aliphatic heterocycles. The largest absolute Gasteiger partial charge is 0.507 e. The van der Waals surface area contributed by atoms with Crippen molar-refractivity contribution >= 4 is 34.7 Å². The Morgan fingerprint density at radius 2 is 1.86 bits per heavy atom. The third-order valence-corrected chi connectivity index (χ3v) is 6.55. The van der Waals surface area contributed by atoms with E-state index in [0.29, 0.717) is 27.6 Å². The van der Waals surface area contributed by atoms with E-state index in [9.17, 15) is 14.7 Å².